The molecular weight excluding hydrogens is 258 g/mol. The van der Waals surface area contributed by atoms with Crippen LogP contribution in [0.25, 0.3) is 0 Å². The molecule has 6 heteroatoms. The molecular formula is C14H13N3O3. The third-order valence-corrected chi connectivity index (χ3v) is 2.61. The zero-order valence-electron chi connectivity index (χ0n) is 10.7. The highest BCUT2D eigenvalue weighted by Crippen LogP contribution is 2.24. The van der Waals surface area contributed by atoms with E-state index in [1.165, 1.54) is 24.5 Å². The summed E-state index contributed by atoms with van der Waals surface area (Å²) in [6.07, 6.45) is 2.82. The molecule has 6 nitrogen and oxygen atoms in total. The molecule has 0 spiro atoms. The number of aryl methyl sites for hydroxylation is 1. The van der Waals surface area contributed by atoms with E-state index in [0.29, 0.717) is 11.1 Å². The van der Waals surface area contributed by atoms with Gasteiger partial charge in [-0.25, -0.2) is 5.43 Å². The number of hydrogen-bond acceptors (Lipinski definition) is 5. The van der Waals surface area contributed by atoms with E-state index in [1.807, 2.05) is 0 Å². The van der Waals surface area contributed by atoms with Gasteiger partial charge in [0.2, 0.25) is 0 Å². The number of rotatable bonds is 3. The molecule has 0 saturated carbocycles. The van der Waals surface area contributed by atoms with Gasteiger partial charge in [-0.1, -0.05) is 6.07 Å². The van der Waals surface area contributed by atoms with Crippen LogP contribution in [0.4, 0.5) is 0 Å². The normalized spacial score (nSPS) is 10.7. The molecule has 0 atom stereocenters. The maximum Gasteiger partial charge on any atom is 0.289 e. The van der Waals surface area contributed by atoms with Crippen molar-refractivity contribution in [3.63, 3.8) is 0 Å². The van der Waals surface area contributed by atoms with Crippen LogP contribution in [0.15, 0.2) is 41.6 Å². The van der Waals surface area contributed by atoms with Crippen molar-refractivity contribution in [1.82, 2.24) is 10.4 Å². The van der Waals surface area contributed by atoms with E-state index in [9.17, 15) is 15.0 Å². The van der Waals surface area contributed by atoms with Gasteiger partial charge in [0, 0.05) is 17.8 Å². The Hall–Kier alpha value is -2.89. The Bertz CT molecular complexity index is 631. The number of amides is 1. The maximum atomic E-state index is 11.7. The zero-order valence-corrected chi connectivity index (χ0v) is 10.7. The van der Waals surface area contributed by atoms with Gasteiger partial charge >= 0.3 is 0 Å². The minimum atomic E-state index is -0.447. The predicted octanol–water partition coefficient (Wildman–Crippen LogP) is 1.57. The van der Waals surface area contributed by atoms with Gasteiger partial charge in [-0.2, -0.15) is 5.10 Å². The summed E-state index contributed by atoms with van der Waals surface area (Å²) in [7, 11) is 0. The number of carbonyl (C=O) groups is 1. The van der Waals surface area contributed by atoms with Crippen LogP contribution < -0.4 is 5.43 Å². The predicted molar refractivity (Wildman–Crippen MR) is 73.8 cm³/mol. The molecule has 102 valence electrons. The van der Waals surface area contributed by atoms with Gasteiger partial charge < -0.3 is 10.2 Å². The summed E-state index contributed by atoms with van der Waals surface area (Å²) in [5.41, 5.74) is 3.62. The van der Waals surface area contributed by atoms with Crippen LogP contribution in [0.3, 0.4) is 0 Å². The molecule has 1 aromatic carbocycles. The number of carbonyl (C=O) groups excluding carboxylic acids is 1. The molecule has 0 saturated heterocycles. The number of hydrogen-bond donors (Lipinski definition) is 3. The summed E-state index contributed by atoms with van der Waals surface area (Å²) < 4.78 is 0. The average Bonchev–Trinajstić information content (AvgIpc) is 2.42. The van der Waals surface area contributed by atoms with Crippen LogP contribution in [0.2, 0.25) is 0 Å². The van der Waals surface area contributed by atoms with Gasteiger partial charge in [-0.05, 0) is 30.7 Å². The van der Waals surface area contributed by atoms with Crippen LogP contribution >= 0.6 is 0 Å². The molecule has 1 aromatic heterocycles. The van der Waals surface area contributed by atoms with Crippen LogP contribution in [0.5, 0.6) is 11.5 Å². The number of nitrogens with zero attached hydrogens (tertiary/aromatic N) is 2. The van der Waals surface area contributed by atoms with E-state index in [-0.39, 0.29) is 17.2 Å². The first-order valence-corrected chi connectivity index (χ1v) is 5.85. The van der Waals surface area contributed by atoms with Crippen LogP contribution in [0, 0.1) is 6.92 Å². The van der Waals surface area contributed by atoms with Crippen molar-refractivity contribution < 1.29 is 15.0 Å². The fraction of sp³-hybridized carbons (Fsp3) is 0.0714. The van der Waals surface area contributed by atoms with Gasteiger partial charge in [0.25, 0.3) is 5.91 Å². The minimum Gasteiger partial charge on any atom is -0.508 e. The number of benzene rings is 1. The number of pyridine rings is 1. The number of phenols is 2. The number of hydrazone groups is 1. The molecule has 0 fully saturated rings. The van der Waals surface area contributed by atoms with Gasteiger partial charge in [0.15, 0.2) is 0 Å². The number of aromatic nitrogens is 1. The lowest BCUT2D eigenvalue weighted by atomic mass is 10.1. The van der Waals surface area contributed by atoms with E-state index in [0.717, 1.165) is 0 Å². The zero-order chi connectivity index (χ0) is 14.5. The molecule has 1 heterocycles. The molecule has 1 amide bonds. The van der Waals surface area contributed by atoms with Gasteiger partial charge in [0.05, 0.1) is 6.21 Å². The molecule has 20 heavy (non-hydrogen) atoms. The lowest BCUT2D eigenvalue weighted by Crippen LogP contribution is -2.18. The highest BCUT2D eigenvalue weighted by molar-refractivity contribution is 5.93. The second kappa shape index (κ2) is 5.83. The SMILES string of the molecule is Cc1cc(O)cc(O)c1/C=N\NC(=O)c1ccccn1. The molecule has 0 unspecified atom stereocenters. The summed E-state index contributed by atoms with van der Waals surface area (Å²) in [6.45, 7) is 1.71. The second-order valence-corrected chi connectivity index (χ2v) is 4.11. The molecule has 0 bridgehead atoms. The Labute approximate surface area is 115 Å². The van der Waals surface area contributed by atoms with Gasteiger partial charge in [0.1, 0.15) is 17.2 Å². The van der Waals surface area contributed by atoms with Crippen molar-refractivity contribution in [1.29, 1.82) is 0 Å². The Morgan fingerprint density at radius 2 is 2.15 bits per heavy atom. The fourth-order valence-corrected chi connectivity index (χ4v) is 1.64. The highest BCUT2D eigenvalue weighted by atomic mass is 16.3. The van der Waals surface area contributed by atoms with Crippen molar-refractivity contribution in [3.8, 4) is 11.5 Å². The first-order valence-electron chi connectivity index (χ1n) is 5.85. The minimum absolute atomic E-state index is 0.0327. The summed E-state index contributed by atoms with van der Waals surface area (Å²) >= 11 is 0. The summed E-state index contributed by atoms with van der Waals surface area (Å²) in [6, 6.07) is 7.66. The largest absolute Gasteiger partial charge is 0.508 e. The second-order valence-electron chi connectivity index (χ2n) is 4.11. The van der Waals surface area contributed by atoms with E-state index in [2.05, 4.69) is 15.5 Å². The van der Waals surface area contributed by atoms with Crippen LogP contribution in [-0.4, -0.2) is 27.3 Å². The van der Waals surface area contributed by atoms with E-state index >= 15 is 0 Å². The fourth-order valence-electron chi connectivity index (χ4n) is 1.64. The topological polar surface area (TPSA) is 94.8 Å². The Kier molecular flexibility index (Phi) is 3.95. The van der Waals surface area contributed by atoms with Gasteiger partial charge in [-0.15, -0.1) is 0 Å². The number of phenolic OH excluding ortho intramolecular Hbond substituents is 2. The van der Waals surface area contributed by atoms with E-state index < -0.39 is 5.91 Å². The quantitative estimate of drug-likeness (QED) is 0.583. The highest BCUT2D eigenvalue weighted by Gasteiger charge is 2.06. The van der Waals surface area contributed by atoms with Crippen LogP contribution in [0.1, 0.15) is 21.6 Å². The molecule has 2 aromatic rings. The lowest BCUT2D eigenvalue weighted by Gasteiger charge is -2.04. The summed E-state index contributed by atoms with van der Waals surface area (Å²) in [5.74, 6) is -0.592. The third-order valence-electron chi connectivity index (χ3n) is 2.61. The van der Waals surface area contributed by atoms with Crippen molar-refractivity contribution in [3.05, 3.63) is 53.3 Å². The van der Waals surface area contributed by atoms with Crippen molar-refractivity contribution in [2.24, 2.45) is 5.10 Å². The van der Waals surface area contributed by atoms with Crippen molar-refractivity contribution in [2.45, 2.75) is 6.92 Å². The molecule has 0 aliphatic heterocycles. The number of aromatic hydroxyl groups is 2. The first-order chi connectivity index (χ1) is 9.58. The summed E-state index contributed by atoms with van der Waals surface area (Å²) in [5, 5.41) is 22.7. The monoisotopic (exact) mass is 271 g/mol. The first kappa shape index (κ1) is 13.5. The Balaban J connectivity index is 2.10. The standard InChI is InChI=1S/C14H13N3O3/c1-9-6-10(18)7-13(19)11(9)8-16-17-14(20)12-4-2-3-5-15-12/h2-8,18-19H,1H3,(H,17,20)/b16-8-. The third kappa shape index (κ3) is 3.11. The van der Waals surface area contributed by atoms with Crippen molar-refractivity contribution >= 4 is 12.1 Å². The Morgan fingerprint density at radius 1 is 1.35 bits per heavy atom. The summed E-state index contributed by atoms with van der Waals surface area (Å²) in [4.78, 5) is 15.6. The lowest BCUT2D eigenvalue weighted by molar-refractivity contribution is 0.0950. The van der Waals surface area contributed by atoms with Crippen LogP contribution in [-0.2, 0) is 0 Å². The number of nitrogens with one attached hydrogen (secondary N) is 1. The molecule has 2 rings (SSSR count). The van der Waals surface area contributed by atoms with E-state index in [1.54, 1.807) is 25.1 Å². The van der Waals surface area contributed by atoms with Crippen molar-refractivity contribution in [2.75, 3.05) is 0 Å². The molecule has 3 N–H and O–H groups in total. The molecule has 0 aliphatic carbocycles. The molecule has 0 aliphatic rings. The van der Waals surface area contributed by atoms with E-state index in [4.69, 9.17) is 0 Å². The maximum absolute atomic E-state index is 11.7. The van der Waals surface area contributed by atoms with Gasteiger partial charge in [-0.3, -0.25) is 9.78 Å². The average molecular weight is 271 g/mol. The smallest absolute Gasteiger partial charge is 0.289 e. The Morgan fingerprint density at radius 3 is 2.80 bits per heavy atom. The molecule has 0 radical (unpaired) electrons.